The van der Waals surface area contributed by atoms with Gasteiger partial charge in [-0.05, 0) is 37.5 Å². The van der Waals surface area contributed by atoms with Gasteiger partial charge in [-0.25, -0.2) is 0 Å². The average molecular weight is 228 g/mol. The van der Waals surface area contributed by atoms with Crippen LogP contribution in [-0.2, 0) is 6.42 Å². The van der Waals surface area contributed by atoms with Crippen molar-refractivity contribution >= 4 is 5.78 Å². The summed E-state index contributed by atoms with van der Waals surface area (Å²) in [6.07, 6.45) is 1.78. The largest absolute Gasteiger partial charge is 0.294 e. The Balaban J connectivity index is 2.92. The zero-order valence-electron chi connectivity index (χ0n) is 11.1. The molecule has 0 saturated carbocycles. The highest BCUT2D eigenvalue weighted by atomic mass is 16.1. The smallest absolute Gasteiger partial charge is 0.165 e. The minimum atomic E-state index is 0.0565. The number of ketones is 1. The van der Waals surface area contributed by atoms with Gasteiger partial charge in [0.2, 0.25) is 0 Å². The van der Waals surface area contributed by atoms with Gasteiger partial charge in [-0.2, -0.15) is 0 Å². The minimum Gasteiger partial charge on any atom is -0.294 e. The Labute approximate surface area is 104 Å². The topological polar surface area (TPSA) is 17.1 Å². The van der Waals surface area contributed by atoms with Gasteiger partial charge in [0, 0.05) is 17.9 Å². The highest BCUT2D eigenvalue weighted by Gasteiger charge is 2.11. The van der Waals surface area contributed by atoms with Gasteiger partial charge in [0.05, 0.1) is 0 Å². The molecule has 1 rings (SSSR count). The molecule has 17 heavy (non-hydrogen) atoms. The van der Waals surface area contributed by atoms with Gasteiger partial charge in [0.1, 0.15) is 0 Å². The number of hydrogen-bond donors (Lipinski definition) is 0. The summed E-state index contributed by atoms with van der Waals surface area (Å²) in [5.74, 6) is 6.23. The predicted octanol–water partition coefficient (Wildman–Crippen LogP) is 3.79. The molecule has 0 N–H and O–H groups in total. The van der Waals surface area contributed by atoms with Gasteiger partial charge in [0.25, 0.3) is 0 Å². The van der Waals surface area contributed by atoms with Gasteiger partial charge < -0.3 is 0 Å². The highest BCUT2D eigenvalue weighted by Crippen LogP contribution is 2.16. The summed E-state index contributed by atoms with van der Waals surface area (Å²) in [7, 11) is 0. The molecule has 0 unspecified atom stereocenters. The summed E-state index contributed by atoms with van der Waals surface area (Å²) in [5, 5.41) is 0. The molecule has 0 spiro atoms. The van der Waals surface area contributed by atoms with Crippen LogP contribution in [0.2, 0.25) is 0 Å². The first-order chi connectivity index (χ1) is 8.06. The molecule has 0 saturated heterocycles. The number of Topliss-reactive ketones (excluding diaryl/α,β-unsaturated/α-hetero) is 1. The molecular weight excluding hydrogens is 208 g/mol. The summed E-state index contributed by atoms with van der Waals surface area (Å²) >= 11 is 0. The second kappa shape index (κ2) is 6.25. The summed E-state index contributed by atoms with van der Waals surface area (Å²) in [5.41, 5.74) is 3.30. The van der Waals surface area contributed by atoms with E-state index in [1.165, 1.54) is 11.1 Å². The van der Waals surface area contributed by atoms with Crippen molar-refractivity contribution in [3.63, 3.8) is 0 Å². The second-order valence-corrected chi connectivity index (χ2v) is 4.59. The first-order valence-electron chi connectivity index (χ1n) is 6.09. The Bertz CT molecular complexity index is 458. The van der Waals surface area contributed by atoms with Crippen molar-refractivity contribution in [2.24, 2.45) is 5.92 Å². The number of rotatable bonds is 4. The molecular formula is C16H20O. The van der Waals surface area contributed by atoms with Crippen LogP contribution in [0.5, 0.6) is 0 Å². The monoisotopic (exact) mass is 228 g/mol. The Morgan fingerprint density at radius 1 is 1.35 bits per heavy atom. The first kappa shape index (κ1) is 13.5. The van der Waals surface area contributed by atoms with E-state index in [2.05, 4.69) is 18.8 Å². The SMILES string of the molecule is CC#CCCc1cc(C(=O)C(C)C)ccc1C. The van der Waals surface area contributed by atoms with Crippen molar-refractivity contribution in [1.29, 1.82) is 0 Å². The van der Waals surface area contributed by atoms with Crippen LogP contribution in [0.1, 0.15) is 48.7 Å². The van der Waals surface area contributed by atoms with Gasteiger partial charge in [-0.1, -0.05) is 26.0 Å². The third-order valence-corrected chi connectivity index (χ3v) is 2.85. The van der Waals surface area contributed by atoms with Crippen LogP contribution in [-0.4, -0.2) is 5.78 Å². The molecule has 0 atom stereocenters. The molecule has 1 aromatic rings. The molecule has 0 amide bonds. The molecule has 0 heterocycles. The Morgan fingerprint density at radius 2 is 2.06 bits per heavy atom. The standard InChI is InChI=1S/C16H20O/c1-5-6-7-8-14-11-15(10-9-13(14)4)16(17)12(2)3/h9-12H,7-8H2,1-4H3. The first-order valence-corrected chi connectivity index (χ1v) is 6.09. The Hall–Kier alpha value is -1.55. The molecule has 1 nitrogen and oxygen atoms in total. The summed E-state index contributed by atoms with van der Waals surface area (Å²) in [6, 6.07) is 5.98. The lowest BCUT2D eigenvalue weighted by Crippen LogP contribution is -2.08. The number of aryl methyl sites for hydroxylation is 2. The zero-order valence-corrected chi connectivity index (χ0v) is 11.1. The number of carbonyl (C=O) groups excluding carboxylic acids is 1. The van der Waals surface area contributed by atoms with Crippen molar-refractivity contribution in [3.8, 4) is 11.8 Å². The van der Waals surface area contributed by atoms with Crippen molar-refractivity contribution in [2.45, 2.75) is 40.5 Å². The molecule has 0 fully saturated rings. The molecule has 0 radical (unpaired) electrons. The van der Waals surface area contributed by atoms with E-state index in [1.807, 2.05) is 39.0 Å². The number of carbonyl (C=O) groups is 1. The second-order valence-electron chi connectivity index (χ2n) is 4.59. The molecule has 90 valence electrons. The molecule has 1 aromatic carbocycles. The summed E-state index contributed by atoms with van der Waals surface area (Å²) < 4.78 is 0. The molecule has 0 aliphatic heterocycles. The van der Waals surface area contributed by atoms with E-state index in [1.54, 1.807) is 0 Å². The molecule has 0 bridgehead atoms. The lowest BCUT2D eigenvalue weighted by Gasteiger charge is -2.09. The van der Waals surface area contributed by atoms with E-state index >= 15 is 0 Å². The van der Waals surface area contributed by atoms with Crippen LogP contribution in [0, 0.1) is 24.7 Å². The maximum atomic E-state index is 11.9. The van der Waals surface area contributed by atoms with E-state index in [4.69, 9.17) is 0 Å². The van der Waals surface area contributed by atoms with E-state index in [0.29, 0.717) is 0 Å². The van der Waals surface area contributed by atoms with Crippen molar-refractivity contribution in [1.82, 2.24) is 0 Å². The van der Waals surface area contributed by atoms with Crippen LogP contribution in [0.3, 0.4) is 0 Å². The van der Waals surface area contributed by atoms with Gasteiger partial charge >= 0.3 is 0 Å². The van der Waals surface area contributed by atoms with Crippen molar-refractivity contribution in [3.05, 3.63) is 34.9 Å². The summed E-state index contributed by atoms with van der Waals surface area (Å²) in [6.45, 7) is 7.80. The predicted molar refractivity (Wildman–Crippen MR) is 72.1 cm³/mol. The third-order valence-electron chi connectivity index (χ3n) is 2.85. The normalized spacial score (nSPS) is 9.94. The van der Waals surface area contributed by atoms with Crippen LogP contribution in [0.4, 0.5) is 0 Å². The number of hydrogen-bond acceptors (Lipinski definition) is 1. The quantitative estimate of drug-likeness (QED) is 0.566. The van der Waals surface area contributed by atoms with Crippen molar-refractivity contribution in [2.75, 3.05) is 0 Å². The van der Waals surface area contributed by atoms with Crippen LogP contribution >= 0.6 is 0 Å². The van der Waals surface area contributed by atoms with Gasteiger partial charge in [0.15, 0.2) is 5.78 Å². The molecule has 0 aliphatic rings. The summed E-state index contributed by atoms with van der Waals surface area (Å²) in [4.78, 5) is 11.9. The van der Waals surface area contributed by atoms with Crippen molar-refractivity contribution < 1.29 is 4.79 Å². The third kappa shape index (κ3) is 3.75. The van der Waals surface area contributed by atoms with Gasteiger partial charge in [-0.15, -0.1) is 11.8 Å². The van der Waals surface area contributed by atoms with E-state index in [9.17, 15) is 4.79 Å². The van der Waals surface area contributed by atoms with E-state index in [0.717, 1.165) is 18.4 Å². The zero-order chi connectivity index (χ0) is 12.8. The Kier molecular flexibility index (Phi) is 4.97. The molecule has 0 aromatic heterocycles. The van der Waals surface area contributed by atoms with Crippen LogP contribution in [0.15, 0.2) is 18.2 Å². The number of benzene rings is 1. The maximum absolute atomic E-state index is 11.9. The highest BCUT2D eigenvalue weighted by molar-refractivity contribution is 5.97. The lowest BCUT2D eigenvalue weighted by molar-refractivity contribution is 0.0939. The lowest BCUT2D eigenvalue weighted by atomic mass is 9.95. The fourth-order valence-electron chi connectivity index (χ4n) is 1.75. The Morgan fingerprint density at radius 3 is 2.65 bits per heavy atom. The fourth-order valence-corrected chi connectivity index (χ4v) is 1.75. The van der Waals surface area contributed by atoms with E-state index < -0.39 is 0 Å². The fraction of sp³-hybridized carbons (Fsp3) is 0.438. The van der Waals surface area contributed by atoms with Gasteiger partial charge in [-0.3, -0.25) is 4.79 Å². The molecule has 1 heteroatoms. The average Bonchev–Trinajstić information content (AvgIpc) is 2.30. The van der Waals surface area contributed by atoms with E-state index in [-0.39, 0.29) is 11.7 Å². The maximum Gasteiger partial charge on any atom is 0.165 e. The van der Waals surface area contributed by atoms with Crippen LogP contribution in [0.25, 0.3) is 0 Å². The minimum absolute atomic E-state index is 0.0565. The van der Waals surface area contributed by atoms with Crippen LogP contribution < -0.4 is 0 Å². The molecule has 0 aliphatic carbocycles.